The van der Waals surface area contributed by atoms with E-state index >= 15 is 0 Å². The second-order valence-electron chi connectivity index (χ2n) is 5.28. The minimum Gasteiger partial charge on any atom is -0.364 e. The number of ether oxygens (including phenoxy) is 1. The minimum absolute atomic E-state index is 0.00492. The first-order valence-corrected chi connectivity index (χ1v) is 7.11. The number of hydrogen-bond acceptors (Lipinski definition) is 2. The van der Waals surface area contributed by atoms with Crippen LogP contribution in [-0.4, -0.2) is 30.5 Å². The maximum atomic E-state index is 12.0. The van der Waals surface area contributed by atoms with Gasteiger partial charge in [-0.25, -0.2) is 0 Å². The third-order valence-electron chi connectivity index (χ3n) is 3.62. The first-order valence-electron chi connectivity index (χ1n) is 6.57. The molecule has 0 bridgehead atoms. The summed E-state index contributed by atoms with van der Waals surface area (Å²) in [5, 5.41) is 0. The lowest BCUT2D eigenvalue weighted by Gasteiger charge is -2.37. The lowest BCUT2D eigenvalue weighted by molar-refractivity contribution is -0.131. The van der Waals surface area contributed by atoms with Gasteiger partial charge in [0.25, 0.3) is 0 Å². The summed E-state index contributed by atoms with van der Waals surface area (Å²) in [5.41, 5.74) is 2.44. The Labute approximate surface area is 115 Å². The highest BCUT2D eigenvalue weighted by Crippen LogP contribution is 2.36. The van der Waals surface area contributed by atoms with Crippen LogP contribution in [0, 0.1) is 11.8 Å². The highest BCUT2D eigenvalue weighted by Gasteiger charge is 2.30. The van der Waals surface area contributed by atoms with Crippen molar-refractivity contribution in [3.05, 3.63) is 11.3 Å². The Morgan fingerprint density at radius 3 is 2.72 bits per heavy atom. The van der Waals surface area contributed by atoms with Crippen LogP contribution in [0.2, 0.25) is 0 Å². The smallest absolute Gasteiger partial charge is 0.243 e. The molecule has 0 aromatic rings. The van der Waals surface area contributed by atoms with Crippen LogP contribution < -0.4 is 0 Å². The van der Waals surface area contributed by atoms with Crippen molar-refractivity contribution in [2.45, 2.75) is 40.0 Å². The molecule has 4 heteroatoms. The number of amides is 1. The fraction of sp³-hybridized carbons (Fsp3) is 0.786. The van der Waals surface area contributed by atoms with E-state index in [4.69, 9.17) is 16.3 Å². The van der Waals surface area contributed by atoms with Crippen LogP contribution in [0.5, 0.6) is 0 Å². The van der Waals surface area contributed by atoms with E-state index in [0.717, 1.165) is 18.5 Å². The zero-order valence-corrected chi connectivity index (χ0v) is 12.6. The predicted molar refractivity (Wildman–Crippen MR) is 74.3 cm³/mol. The average Bonchev–Trinajstić information content (AvgIpc) is 2.35. The molecule has 1 aliphatic rings. The van der Waals surface area contributed by atoms with Gasteiger partial charge in [-0.05, 0) is 32.1 Å². The molecule has 1 aliphatic carbocycles. The van der Waals surface area contributed by atoms with Crippen LogP contribution in [0.25, 0.3) is 0 Å². The Bertz CT molecular complexity index is 326. The van der Waals surface area contributed by atoms with Gasteiger partial charge in [-0.3, -0.25) is 9.69 Å². The molecule has 1 atom stereocenters. The molecule has 104 valence electrons. The van der Waals surface area contributed by atoms with Gasteiger partial charge in [-0.1, -0.05) is 19.4 Å². The standard InChI is InChI=1S/C14H24ClNO2/c1-10(2)12-7-5-6-11(3)14(12)16(9-18-4)13(17)8-15/h10,12H,5-9H2,1-4H3. The zero-order chi connectivity index (χ0) is 13.7. The van der Waals surface area contributed by atoms with Gasteiger partial charge in [0.1, 0.15) is 12.6 Å². The van der Waals surface area contributed by atoms with Gasteiger partial charge in [0.2, 0.25) is 5.91 Å². The van der Waals surface area contributed by atoms with Crippen LogP contribution in [0.4, 0.5) is 0 Å². The third-order valence-corrected chi connectivity index (χ3v) is 3.85. The number of rotatable bonds is 5. The van der Waals surface area contributed by atoms with Crippen molar-refractivity contribution in [2.24, 2.45) is 11.8 Å². The van der Waals surface area contributed by atoms with Gasteiger partial charge >= 0.3 is 0 Å². The quantitative estimate of drug-likeness (QED) is 0.568. The number of methoxy groups -OCH3 is 1. The first-order chi connectivity index (χ1) is 8.52. The van der Waals surface area contributed by atoms with E-state index in [-0.39, 0.29) is 11.8 Å². The molecule has 0 saturated carbocycles. The summed E-state index contributed by atoms with van der Waals surface area (Å²) in [7, 11) is 1.61. The molecule has 18 heavy (non-hydrogen) atoms. The Morgan fingerprint density at radius 2 is 2.22 bits per heavy atom. The Kier molecular flexibility index (Phi) is 6.16. The van der Waals surface area contributed by atoms with Gasteiger partial charge < -0.3 is 4.74 Å². The normalized spacial score (nSPS) is 20.4. The Balaban J connectivity index is 3.07. The van der Waals surface area contributed by atoms with E-state index in [9.17, 15) is 4.79 Å². The van der Waals surface area contributed by atoms with Crippen LogP contribution in [-0.2, 0) is 9.53 Å². The van der Waals surface area contributed by atoms with Crippen molar-refractivity contribution >= 4 is 17.5 Å². The topological polar surface area (TPSA) is 29.5 Å². The van der Waals surface area contributed by atoms with Gasteiger partial charge in [0, 0.05) is 18.7 Å². The highest BCUT2D eigenvalue weighted by molar-refractivity contribution is 6.27. The molecule has 0 aromatic carbocycles. The second kappa shape index (κ2) is 7.15. The van der Waals surface area contributed by atoms with Crippen molar-refractivity contribution < 1.29 is 9.53 Å². The lowest BCUT2D eigenvalue weighted by Crippen LogP contribution is -2.39. The molecule has 0 aromatic heterocycles. The van der Waals surface area contributed by atoms with Crippen molar-refractivity contribution in [3.8, 4) is 0 Å². The van der Waals surface area contributed by atoms with Gasteiger partial charge in [0.05, 0.1) is 0 Å². The van der Waals surface area contributed by atoms with E-state index < -0.39 is 0 Å². The third kappa shape index (κ3) is 3.48. The molecule has 3 nitrogen and oxygen atoms in total. The van der Waals surface area contributed by atoms with Crippen LogP contribution in [0.1, 0.15) is 40.0 Å². The Morgan fingerprint density at radius 1 is 1.56 bits per heavy atom. The van der Waals surface area contributed by atoms with Crippen molar-refractivity contribution in [2.75, 3.05) is 19.7 Å². The number of alkyl halides is 1. The van der Waals surface area contributed by atoms with E-state index in [1.54, 1.807) is 12.0 Å². The molecular formula is C14H24ClNO2. The van der Waals surface area contributed by atoms with E-state index in [0.29, 0.717) is 18.6 Å². The first kappa shape index (κ1) is 15.5. The molecular weight excluding hydrogens is 250 g/mol. The fourth-order valence-corrected chi connectivity index (χ4v) is 2.87. The van der Waals surface area contributed by atoms with Crippen LogP contribution >= 0.6 is 11.6 Å². The molecule has 0 fully saturated rings. The maximum absolute atomic E-state index is 12.0. The molecule has 0 spiro atoms. The molecule has 0 aliphatic heterocycles. The molecule has 0 saturated heterocycles. The van der Waals surface area contributed by atoms with E-state index in [2.05, 4.69) is 20.8 Å². The highest BCUT2D eigenvalue weighted by atomic mass is 35.5. The number of carbonyl (C=O) groups excluding carboxylic acids is 1. The van der Waals surface area contributed by atoms with Gasteiger partial charge in [-0.15, -0.1) is 11.6 Å². The molecule has 0 N–H and O–H groups in total. The van der Waals surface area contributed by atoms with E-state index in [1.807, 2.05) is 0 Å². The number of halogens is 1. The maximum Gasteiger partial charge on any atom is 0.243 e. The Hall–Kier alpha value is -0.540. The molecule has 1 unspecified atom stereocenters. The minimum atomic E-state index is -0.0691. The number of hydrogen-bond donors (Lipinski definition) is 0. The second-order valence-corrected chi connectivity index (χ2v) is 5.55. The SMILES string of the molecule is COCN(C(=O)CCl)C1=C(C)CCCC1C(C)C. The van der Waals surface area contributed by atoms with Crippen LogP contribution in [0.3, 0.4) is 0 Å². The van der Waals surface area contributed by atoms with Gasteiger partial charge in [-0.2, -0.15) is 0 Å². The van der Waals surface area contributed by atoms with Crippen molar-refractivity contribution in [1.29, 1.82) is 0 Å². The molecule has 1 rings (SSSR count). The van der Waals surface area contributed by atoms with Crippen molar-refractivity contribution in [1.82, 2.24) is 4.90 Å². The summed E-state index contributed by atoms with van der Waals surface area (Å²) in [4.78, 5) is 13.7. The van der Waals surface area contributed by atoms with E-state index in [1.165, 1.54) is 12.0 Å². The molecule has 0 heterocycles. The summed E-state index contributed by atoms with van der Waals surface area (Å²) in [5.74, 6) is 0.893. The largest absolute Gasteiger partial charge is 0.364 e. The summed E-state index contributed by atoms with van der Waals surface area (Å²) >= 11 is 5.71. The van der Waals surface area contributed by atoms with Crippen molar-refractivity contribution in [3.63, 3.8) is 0 Å². The lowest BCUT2D eigenvalue weighted by atomic mass is 9.80. The number of allylic oxidation sites excluding steroid dienone is 2. The molecule has 1 amide bonds. The summed E-state index contributed by atoms with van der Waals surface area (Å²) in [6.45, 7) is 6.83. The fourth-order valence-electron chi connectivity index (χ4n) is 2.73. The number of nitrogens with zero attached hydrogens (tertiary/aromatic N) is 1. The van der Waals surface area contributed by atoms with Crippen LogP contribution in [0.15, 0.2) is 11.3 Å². The summed E-state index contributed by atoms with van der Waals surface area (Å²) in [6.07, 6.45) is 3.41. The zero-order valence-electron chi connectivity index (χ0n) is 11.8. The average molecular weight is 274 g/mol. The number of carbonyl (C=O) groups is 1. The van der Waals surface area contributed by atoms with Gasteiger partial charge in [0.15, 0.2) is 0 Å². The monoisotopic (exact) mass is 273 g/mol. The summed E-state index contributed by atoms with van der Waals surface area (Å²) in [6, 6.07) is 0. The summed E-state index contributed by atoms with van der Waals surface area (Å²) < 4.78 is 5.17. The predicted octanol–water partition coefficient (Wildman–Crippen LogP) is 3.39. The molecule has 0 radical (unpaired) electrons.